The predicted molar refractivity (Wildman–Crippen MR) is 106 cm³/mol. The molecule has 27 heavy (non-hydrogen) atoms. The molecule has 2 aromatic rings. The number of aromatic amines is 1. The highest BCUT2D eigenvalue weighted by atomic mass is 16.2. The smallest absolute Gasteiger partial charge is 0.227 e. The summed E-state index contributed by atoms with van der Waals surface area (Å²) in [5, 5.41) is 1.12. The van der Waals surface area contributed by atoms with E-state index in [-0.39, 0.29) is 17.7 Å². The minimum atomic E-state index is 0.126. The van der Waals surface area contributed by atoms with Crippen LogP contribution in [0.2, 0.25) is 0 Å². The van der Waals surface area contributed by atoms with Crippen molar-refractivity contribution in [2.75, 3.05) is 26.2 Å². The number of carbonyl (C=O) groups excluding carboxylic acids is 2. The van der Waals surface area contributed by atoms with Crippen LogP contribution in [0.15, 0.2) is 30.5 Å². The fourth-order valence-corrected chi connectivity index (χ4v) is 4.68. The fourth-order valence-electron chi connectivity index (χ4n) is 4.68. The van der Waals surface area contributed by atoms with Crippen LogP contribution >= 0.6 is 0 Å². The highest BCUT2D eigenvalue weighted by Crippen LogP contribution is 2.32. The number of piperazine rings is 1. The largest absolute Gasteiger partial charge is 0.361 e. The number of hydrogen-bond donors (Lipinski definition) is 1. The lowest BCUT2D eigenvalue weighted by atomic mass is 9.91. The van der Waals surface area contributed by atoms with Crippen molar-refractivity contribution in [1.82, 2.24) is 14.8 Å². The first kappa shape index (κ1) is 18.1. The molecule has 5 nitrogen and oxygen atoms in total. The molecule has 0 spiro atoms. The quantitative estimate of drug-likeness (QED) is 0.902. The standard InChI is InChI=1S/C22H29N3O2/c1-16(17-6-2-3-7-17)22(27)25-12-10-24(11-13-25)21(26)14-18-15-23-20-9-5-4-8-19(18)20/h4-5,8-9,15-17,23H,2-3,6-7,10-14H2,1H3. The second-order valence-electron chi connectivity index (χ2n) is 8.08. The van der Waals surface area contributed by atoms with Crippen molar-refractivity contribution in [2.45, 2.75) is 39.0 Å². The van der Waals surface area contributed by atoms with Crippen LogP contribution < -0.4 is 0 Å². The number of fused-ring (bicyclic) bond motifs is 1. The van der Waals surface area contributed by atoms with Crippen LogP contribution in [-0.2, 0) is 16.0 Å². The van der Waals surface area contributed by atoms with Gasteiger partial charge in [0.15, 0.2) is 0 Å². The zero-order chi connectivity index (χ0) is 18.8. The summed E-state index contributed by atoms with van der Waals surface area (Å²) < 4.78 is 0. The maximum Gasteiger partial charge on any atom is 0.227 e. The number of benzene rings is 1. The number of nitrogens with one attached hydrogen (secondary N) is 1. The second kappa shape index (κ2) is 7.75. The van der Waals surface area contributed by atoms with Crippen LogP contribution in [0.1, 0.15) is 38.2 Å². The van der Waals surface area contributed by atoms with E-state index in [0.29, 0.717) is 38.5 Å². The van der Waals surface area contributed by atoms with Gasteiger partial charge in [-0.1, -0.05) is 38.0 Å². The molecule has 2 aliphatic rings. The summed E-state index contributed by atoms with van der Waals surface area (Å²) in [6.07, 6.45) is 7.25. The highest BCUT2D eigenvalue weighted by Gasteiger charge is 2.32. The lowest BCUT2D eigenvalue weighted by Crippen LogP contribution is -2.52. The number of nitrogens with zero attached hydrogens (tertiary/aromatic N) is 2. The number of carbonyl (C=O) groups is 2. The SMILES string of the molecule is CC(C(=O)N1CCN(C(=O)Cc2c[nH]c3ccccc23)CC1)C1CCCC1. The molecule has 1 aliphatic heterocycles. The number of H-pyrrole nitrogens is 1. The monoisotopic (exact) mass is 367 g/mol. The number of aromatic nitrogens is 1. The Morgan fingerprint density at radius 3 is 2.48 bits per heavy atom. The molecule has 2 fully saturated rings. The summed E-state index contributed by atoms with van der Waals surface area (Å²) in [5.41, 5.74) is 2.11. The Morgan fingerprint density at radius 1 is 1.07 bits per heavy atom. The first-order valence-electron chi connectivity index (χ1n) is 10.2. The molecule has 2 amide bonds. The van der Waals surface area contributed by atoms with Gasteiger partial charge in [0.2, 0.25) is 11.8 Å². The molecule has 1 saturated carbocycles. The van der Waals surface area contributed by atoms with Gasteiger partial charge in [-0.05, 0) is 30.4 Å². The van der Waals surface area contributed by atoms with Crippen LogP contribution in [-0.4, -0.2) is 52.8 Å². The van der Waals surface area contributed by atoms with E-state index in [2.05, 4.69) is 18.0 Å². The molecule has 0 bridgehead atoms. The van der Waals surface area contributed by atoms with Crippen molar-refractivity contribution in [1.29, 1.82) is 0 Å². The van der Waals surface area contributed by atoms with E-state index in [0.717, 1.165) is 16.5 Å². The Balaban J connectivity index is 1.32. The zero-order valence-corrected chi connectivity index (χ0v) is 16.1. The average molecular weight is 367 g/mol. The summed E-state index contributed by atoms with van der Waals surface area (Å²) in [4.78, 5) is 32.6. The van der Waals surface area contributed by atoms with Gasteiger partial charge >= 0.3 is 0 Å². The van der Waals surface area contributed by atoms with Crippen molar-refractivity contribution in [3.8, 4) is 0 Å². The van der Waals surface area contributed by atoms with E-state index in [1.54, 1.807) is 0 Å². The van der Waals surface area contributed by atoms with Crippen molar-refractivity contribution in [2.24, 2.45) is 11.8 Å². The van der Waals surface area contributed by atoms with Crippen LogP contribution in [0.4, 0.5) is 0 Å². The summed E-state index contributed by atoms with van der Waals surface area (Å²) in [6, 6.07) is 8.07. The first-order valence-corrected chi connectivity index (χ1v) is 10.2. The molecule has 1 aromatic heterocycles. The molecule has 1 unspecified atom stereocenters. The van der Waals surface area contributed by atoms with E-state index in [4.69, 9.17) is 0 Å². The van der Waals surface area contributed by atoms with Crippen molar-refractivity contribution >= 4 is 22.7 Å². The Morgan fingerprint density at radius 2 is 1.74 bits per heavy atom. The highest BCUT2D eigenvalue weighted by molar-refractivity contribution is 5.89. The lowest BCUT2D eigenvalue weighted by Gasteiger charge is -2.37. The molecular formula is C22H29N3O2. The third-order valence-corrected chi connectivity index (χ3v) is 6.46. The number of amides is 2. The maximum atomic E-state index is 12.8. The van der Waals surface area contributed by atoms with Crippen LogP contribution in [0, 0.1) is 11.8 Å². The van der Waals surface area contributed by atoms with E-state index >= 15 is 0 Å². The molecule has 1 atom stereocenters. The van der Waals surface area contributed by atoms with Crippen LogP contribution in [0.3, 0.4) is 0 Å². The fraction of sp³-hybridized carbons (Fsp3) is 0.545. The molecular weight excluding hydrogens is 338 g/mol. The Bertz CT molecular complexity index is 814. The van der Waals surface area contributed by atoms with Gasteiger partial charge in [-0.3, -0.25) is 9.59 Å². The number of hydrogen-bond acceptors (Lipinski definition) is 2. The second-order valence-corrected chi connectivity index (χ2v) is 8.08. The molecule has 1 saturated heterocycles. The molecule has 1 aliphatic carbocycles. The van der Waals surface area contributed by atoms with Crippen molar-refractivity contribution in [3.05, 3.63) is 36.0 Å². The Labute approximate surface area is 160 Å². The molecule has 1 aromatic carbocycles. The summed E-state index contributed by atoms with van der Waals surface area (Å²) in [5.74, 6) is 1.11. The predicted octanol–water partition coefficient (Wildman–Crippen LogP) is 3.21. The normalized spacial score (nSPS) is 19.6. The first-order chi connectivity index (χ1) is 13.1. The number of para-hydroxylation sites is 1. The van der Waals surface area contributed by atoms with Gasteiger partial charge in [0.25, 0.3) is 0 Å². The van der Waals surface area contributed by atoms with Gasteiger partial charge in [0.1, 0.15) is 0 Å². The molecule has 144 valence electrons. The van der Waals surface area contributed by atoms with Crippen LogP contribution in [0.5, 0.6) is 0 Å². The summed E-state index contributed by atoms with van der Waals surface area (Å²) >= 11 is 0. The van der Waals surface area contributed by atoms with Gasteiger partial charge in [-0.15, -0.1) is 0 Å². The zero-order valence-electron chi connectivity index (χ0n) is 16.1. The van der Waals surface area contributed by atoms with Gasteiger partial charge in [-0.2, -0.15) is 0 Å². The van der Waals surface area contributed by atoms with Crippen molar-refractivity contribution < 1.29 is 9.59 Å². The van der Waals surface area contributed by atoms with E-state index < -0.39 is 0 Å². The van der Waals surface area contributed by atoms with Gasteiger partial charge < -0.3 is 14.8 Å². The van der Waals surface area contributed by atoms with Crippen molar-refractivity contribution in [3.63, 3.8) is 0 Å². The molecule has 5 heteroatoms. The minimum Gasteiger partial charge on any atom is -0.361 e. The van der Waals surface area contributed by atoms with Gasteiger partial charge in [0.05, 0.1) is 6.42 Å². The third kappa shape index (κ3) is 3.73. The molecule has 0 radical (unpaired) electrons. The topological polar surface area (TPSA) is 56.4 Å². The van der Waals surface area contributed by atoms with E-state index in [1.165, 1.54) is 25.7 Å². The number of rotatable bonds is 4. The Hall–Kier alpha value is -2.30. The van der Waals surface area contributed by atoms with Gasteiger partial charge in [-0.25, -0.2) is 0 Å². The average Bonchev–Trinajstić information content (AvgIpc) is 3.38. The lowest BCUT2D eigenvalue weighted by molar-refractivity contribution is -0.142. The summed E-state index contributed by atoms with van der Waals surface area (Å²) in [7, 11) is 0. The minimum absolute atomic E-state index is 0.126. The third-order valence-electron chi connectivity index (χ3n) is 6.46. The van der Waals surface area contributed by atoms with Crippen LogP contribution in [0.25, 0.3) is 10.9 Å². The van der Waals surface area contributed by atoms with Gasteiger partial charge in [0, 0.05) is 49.2 Å². The molecule has 4 rings (SSSR count). The van der Waals surface area contributed by atoms with E-state index in [1.807, 2.05) is 34.2 Å². The maximum absolute atomic E-state index is 12.8. The Kier molecular flexibility index (Phi) is 5.19. The summed E-state index contributed by atoms with van der Waals surface area (Å²) in [6.45, 7) is 4.70. The molecule has 1 N–H and O–H groups in total. The molecule has 2 heterocycles. The van der Waals surface area contributed by atoms with E-state index in [9.17, 15) is 9.59 Å².